The Bertz CT molecular complexity index is 1060. The Balaban J connectivity index is 1.94. The first-order valence-corrected chi connectivity index (χ1v) is 9.73. The molecule has 1 aliphatic heterocycles. The monoisotopic (exact) mass is 384 g/mol. The quantitative estimate of drug-likeness (QED) is 0.624. The maximum absolute atomic E-state index is 13.0. The summed E-state index contributed by atoms with van der Waals surface area (Å²) in [6, 6.07) is 26.4. The molecule has 0 saturated heterocycles. The lowest BCUT2D eigenvalue weighted by molar-refractivity contribution is -0.178. The molecule has 1 N–H and O–H groups in total. The van der Waals surface area contributed by atoms with E-state index in [1.54, 1.807) is 12.1 Å². The number of aliphatic hydroxyl groups is 1. The molecule has 3 aromatic rings. The largest absolute Gasteiger partial charge is 0.421 e. The summed E-state index contributed by atoms with van der Waals surface area (Å²) in [7, 11) is 0. The van der Waals surface area contributed by atoms with Gasteiger partial charge in [-0.25, -0.2) is 4.79 Å². The van der Waals surface area contributed by atoms with Crippen LogP contribution >= 0.6 is 0 Å². The molecule has 0 amide bonds. The van der Waals surface area contributed by atoms with Gasteiger partial charge in [-0.05, 0) is 22.1 Å². The maximum Gasteiger partial charge on any atom is 0.342 e. The van der Waals surface area contributed by atoms with Crippen LogP contribution < -0.4 is 0 Å². The van der Waals surface area contributed by atoms with Crippen LogP contribution in [-0.2, 0) is 20.7 Å². The number of benzene rings is 3. The fraction of sp³-hybridized carbons (Fsp3) is 0.192. The van der Waals surface area contributed by atoms with Crippen LogP contribution in [-0.4, -0.2) is 11.1 Å². The standard InChI is InChI=1S/C26H24O3/c1-25(2,3)20-16-14-18(15-17-20)22-23(19-10-6-4-7-11-19)26(28,29-24(22)27)21-12-8-5-9-13-21/h4-17,28H,1-3H3. The molecule has 0 aromatic heterocycles. The summed E-state index contributed by atoms with van der Waals surface area (Å²) in [5, 5.41) is 11.6. The van der Waals surface area contributed by atoms with E-state index in [-0.39, 0.29) is 5.41 Å². The van der Waals surface area contributed by atoms with Crippen LogP contribution in [0.3, 0.4) is 0 Å². The highest BCUT2D eigenvalue weighted by Gasteiger charge is 2.48. The summed E-state index contributed by atoms with van der Waals surface area (Å²) in [4.78, 5) is 13.0. The van der Waals surface area contributed by atoms with Crippen molar-refractivity contribution in [1.82, 2.24) is 0 Å². The molecular formula is C26H24O3. The highest BCUT2D eigenvalue weighted by molar-refractivity contribution is 6.28. The molecule has 0 radical (unpaired) electrons. The van der Waals surface area contributed by atoms with E-state index in [9.17, 15) is 9.90 Å². The molecule has 146 valence electrons. The summed E-state index contributed by atoms with van der Waals surface area (Å²) < 4.78 is 5.61. The molecule has 0 spiro atoms. The second kappa shape index (κ2) is 7.02. The highest BCUT2D eigenvalue weighted by Crippen LogP contribution is 2.48. The van der Waals surface area contributed by atoms with Crippen molar-refractivity contribution in [2.45, 2.75) is 32.0 Å². The zero-order valence-electron chi connectivity index (χ0n) is 16.8. The van der Waals surface area contributed by atoms with Crippen molar-refractivity contribution in [3.05, 3.63) is 107 Å². The molecule has 1 heterocycles. The van der Waals surface area contributed by atoms with Crippen molar-refractivity contribution in [2.75, 3.05) is 0 Å². The van der Waals surface area contributed by atoms with Crippen LogP contribution in [0, 0.1) is 0 Å². The van der Waals surface area contributed by atoms with Crippen LogP contribution in [0.5, 0.6) is 0 Å². The molecule has 0 bridgehead atoms. The van der Waals surface area contributed by atoms with Crippen LogP contribution in [0.2, 0.25) is 0 Å². The third kappa shape index (κ3) is 3.39. The maximum atomic E-state index is 13.0. The summed E-state index contributed by atoms with van der Waals surface area (Å²) in [5.74, 6) is -2.36. The van der Waals surface area contributed by atoms with E-state index in [1.807, 2.05) is 72.8 Å². The minimum Gasteiger partial charge on any atom is -0.421 e. The van der Waals surface area contributed by atoms with E-state index in [2.05, 4.69) is 20.8 Å². The number of rotatable bonds is 3. The van der Waals surface area contributed by atoms with E-state index < -0.39 is 11.8 Å². The van der Waals surface area contributed by atoms with Gasteiger partial charge >= 0.3 is 5.97 Å². The summed E-state index contributed by atoms with van der Waals surface area (Å²) in [6.07, 6.45) is 0. The molecule has 3 heteroatoms. The summed E-state index contributed by atoms with van der Waals surface area (Å²) in [6.45, 7) is 6.44. The average molecular weight is 384 g/mol. The number of cyclic esters (lactones) is 1. The molecule has 0 fully saturated rings. The molecule has 0 aliphatic carbocycles. The summed E-state index contributed by atoms with van der Waals surface area (Å²) >= 11 is 0. The van der Waals surface area contributed by atoms with Crippen LogP contribution in [0.25, 0.3) is 11.1 Å². The van der Waals surface area contributed by atoms with E-state index in [0.717, 1.165) is 11.1 Å². The number of hydrogen-bond donors (Lipinski definition) is 1. The van der Waals surface area contributed by atoms with Gasteiger partial charge in [-0.2, -0.15) is 0 Å². The Morgan fingerprint density at radius 3 is 1.86 bits per heavy atom. The van der Waals surface area contributed by atoms with Crippen molar-refractivity contribution in [1.29, 1.82) is 0 Å². The molecule has 29 heavy (non-hydrogen) atoms. The number of hydrogen-bond acceptors (Lipinski definition) is 3. The Hall–Kier alpha value is -3.17. The Morgan fingerprint density at radius 2 is 1.31 bits per heavy atom. The second-order valence-corrected chi connectivity index (χ2v) is 8.34. The van der Waals surface area contributed by atoms with E-state index in [0.29, 0.717) is 16.7 Å². The molecule has 1 atom stereocenters. The number of carbonyl (C=O) groups is 1. The Labute approximate surface area is 171 Å². The van der Waals surface area contributed by atoms with Crippen molar-refractivity contribution < 1.29 is 14.6 Å². The van der Waals surface area contributed by atoms with Crippen LogP contribution in [0.1, 0.15) is 43.0 Å². The van der Waals surface area contributed by atoms with Gasteiger partial charge in [-0.15, -0.1) is 0 Å². The van der Waals surface area contributed by atoms with Gasteiger partial charge in [0.1, 0.15) is 0 Å². The fourth-order valence-corrected chi connectivity index (χ4v) is 3.72. The van der Waals surface area contributed by atoms with Gasteiger partial charge < -0.3 is 9.84 Å². The fourth-order valence-electron chi connectivity index (χ4n) is 3.72. The van der Waals surface area contributed by atoms with Gasteiger partial charge in [-0.3, -0.25) is 0 Å². The minimum absolute atomic E-state index is 0.0101. The third-order valence-corrected chi connectivity index (χ3v) is 5.30. The van der Waals surface area contributed by atoms with Crippen molar-refractivity contribution in [2.24, 2.45) is 0 Å². The first-order valence-electron chi connectivity index (χ1n) is 9.73. The first kappa shape index (κ1) is 19.2. The normalized spacial score (nSPS) is 19.4. The molecule has 0 saturated carbocycles. The predicted molar refractivity (Wildman–Crippen MR) is 115 cm³/mol. The third-order valence-electron chi connectivity index (χ3n) is 5.30. The smallest absolute Gasteiger partial charge is 0.342 e. The Morgan fingerprint density at radius 1 is 0.759 bits per heavy atom. The predicted octanol–water partition coefficient (Wildman–Crippen LogP) is 5.30. The lowest BCUT2D eigenvalue weighted by atomic mass is 9.84. The van der Waals surface area contributed by atoms with Gasteiger partial charge in [0.2, 0.25) is 0 Å². The van der Waals surface area contributed by atoms with Gasteiger partial charge in [0.05, 0.1) is 11.1 Å². The second-order valence-electron chi connectivity index (χ2n) is 8.34. The molecule has 3 aromatic carbocycles. The summed E-state index contributed by atoms with van der Waals surface area (Å²) in [5.41, 5.74) is 4.05. The number of ether oxygens (including phenoxy) is 1. The highest BCUT2D eigenvalue weighted by atomic mass is 16.7. The number of carbonyl (C=O) groups excluding carboxylic acids is 1. The average Bonchev–Trinajstić information content (AvgIpc) is 3.00. The van der Waals surface area contributed by atoms with Crippen LogP contribution in [0.15, 0.2) is 84.9 Å². The van der Waals surface area contributed by atoms with E-state index in [4.69, 9.17) is 4.74 Å². The molecule has 1 aliphatic rings. The minimum atomic E-state index is -1.84. The molecule has 3 nitrogen and oxygen atoms in total. The van der Waals surface area contributed by atoms with E-state index >= 15 is 0 Å². The molecular weight excluding hydrogens is 360 g/mol. The Kier molecular flexibility index (Phi) is 4.64. The van der Waals surface area contributed by atoms with Gasteiger partial charge in [0.15, 0.2) is 0 Å². The van der Waals surface area contributed by atoms with Gasteiger partial charge in [0.25, 0.3) is 5.79 Å². The van der Waals surface area contributed by atoms with Crippen molar-refractivity contribution >= 4 is 17.1 Å². The topological polar surface area (TPSA) is 46.5 Å². The molecule has 4 rings (SSSR count). The number of esters is 1. The lowest BCUT2D eigenvalue weighted by Gasteiger charge is -2.25. The zero-order valence-corrected chi connectivity index (χ0v) is 16.8. The van der Waals surface area contributed by atoms with Crippen molar-refractivity contribution in [3.8, 4) is 0 Å². The van der Waals surface area contributed by atoms with Gasteiger partial charge in [0, 0.05) is 5.56 Å². The zero-order chi connectivity index (χ0) is 20.6. The van der Waals surface area contributed by atoms with E-state index in [1.165, 1.54) is 5.56 Å². The first-order chi connectivity index (χ1) is 13.8. The van der Waals surface area contributed by atoms with Crippen LogP contribution in [0.4, 0.5) is 0 Å². The van der Waals surface area contributed by atoms with Crippen molar-refractivity contribution in [3.63, 3.8) is 0 Å². The molecule has 1 unspecified atom stereocenters. The SMILES string of the molecule is CC(C)(C)c1ccc(C2=C(c3ccccc3)C(O)(c3ccccc3)OC2=O)cc1. The van der Waals surface area contributed by atoms with Gasteiger partial charge in [-0.1, -0.05) is 106 Å². The lowest BCUT2D eigenvalue weighted by Crippen LogP contribution is -2.28.